The number of hydrogen-bond acceptors (Lipinski definition) is 3. The molecular formula is C8H11N3. The number of nitrogens with zero attached hydrogens (tertiary/aromatic N) is 3. The lowest BCUT2D eigenvalue weighted by molar-refractivity contribution is 0.0907. The molecule has 0 bridgehead atoms. The van der Waals surface area contributed by atoms with Gasteiger partial charge in [0.05, 0.1) is 0 Å². The molecular weight excluding hydrogens is 138 g/mol. The van der Waals surface area contributed by atoms with Gasteiger partial charge < -0.3 is 0 Å². The predicted octanol–water partition coefficient (Wildman–Crippen LogP) is 0.978. The smallest absolute Gasteiger partial charge is 0.129 e. The van der Waals surface area contributed by atoms with Crippen LogP contribution in [0.3, 0.4) is 0 Å². The van der Waals surface area contributed by atoms with Crippen molar-refractivity contribution in [3.63, 3.8) is 0 Å². The van der Waals surface area contributed by atoms with E-state index in [4.69, 9.17) is 0 Å². The summed E-state index contributed by atoms with van der Waals surface area (Å²) in [6.07, 6.45) is 11.2. The van der Waals surface area contributed by atoms with Gasteiger partial charge in [-0.25, -0.2) is 0 Å². The van der Waals surface area contributed by atoms with Gasteiger partial charge in [-0.3, -0.25) is 15.0 Å². The van der Waals surface area contributed by atoms with Gasteiger partial charge in [0.25, 0.3) is 0 Å². The van der Waals surface area contributed by atoms with Gasteiger partial charge in [-0.05, 0) is 12.5 Å². The lowest BCUT2D eigenvalue weighted by Crippen LogP contribution is -2.34. The Kier molecular flexibility index (Phi) is 1.63. The Balaban J connectivity index is 1.99. The number of aliphatic imine (C=N–C) groups is 1. The molecule has 0 atom stereocenters. The normalized spacial score (nSPS) is 21.8. The van der Waals surface area contributed by atoms with Crippen molar-refractivity contribution in [2.45, 2.75) is 6.42 Å². The van der Waals surface area contributed by atoms with E-state index in [1.54, 1.807) is 0 Å². The molecule has 3 nitrogen and oxygen atoms in total. The van der Waals surface area contributed by atoms with E-state index in [0.717, 1.165) is 19.6 Å². The first-order chi connectivity index (χ1) is 5.47. The first kappa shape index (κ1) is 6.46. The van der Waals surface area contributed by atoms with Gasteiger partial charge in [0.2, 0.25) is 0 Å². The van der Waals surface area contributed by atoms with E-state index < -0.39 is 0 Å². The molecule has 58 valence electrons. The zero-order chi connectivity index (χ0) is 7.52. The predicted molar refractivity (Wildman–Crippen MR) is 44.8 cm³/mol. The van der Waals surface area contributed by atoms with E-state index in [2.05, 4.69) is 27.3 Å². The van der Waals surface area contributed by atoms with Gasteiger partial charge in [-0.15, -0.1) is 0 Å². The molecule has 0 unspecified atom stereocenters. The van der Waals surface area contributed by atoms with Crippen molar-refractivity contribution in [1.82, 2.24) is 10.0 Å². The summed E-state index contributed by atoms with van der Waals surface area (Å²) in [6, 6.07) is 0. The maximum absolute atomic E-state index is 4.14. The zero-order valence-electron chi connectivity index (χ0n) is 6.35. The number of allylic oxidation sites excluding steroid dienone is 1. The molecule has 0 N–H and O–H groups in total. The van der Waals surface area contributed by atoms with Crippen molar-refractivity contribution in [3.05, 3.63) is 24.6 Å². The molecule has 11 heavy (non-hydrogen) atoms. The summed E-state index contributed by atoms with van der Waals surface area (Å²) in [5.41, 5.74) is 0. The Morgan fingerprint density at radius 2 is 2.18 bits per heavy atom. The molecule has 0 fully saturated rings. The van der Waals surface area contributed by atoms with Crippen LogP contribution in [0.5, 0.6) is 0 Å². The third-order valence-corrected chi connectivity index (χ3v) is 1.81. The average molecular weight is 149 g/mol. The van der Waals surface area contributed by atoms with Gasteiger partial charge in [-0.1, -0.05) is 6.08 Å². The van der Waals surface area contributed by atoms with Crippen LogP contribution in [0.2, 0.25) is 0 Å². The fraction of sp³-hybridized carbons (Fsp3) is 0.375. The van der Waals surface area contributed by atoms with Crippen LogP contribution in [0.1, 0.15) is 6.42 Å². The fourth-order valence-corrected chi connectivity index (χ4v) is 1.24. The lowest BCUT2D eigenvalue weighted by Gasteiger charge is -2.29. The van der Waals surface area contributed by atoms with E-state index in [-0.39, 0.29) is 0 Å². The molecule has 3 heteroatoms. The van der Waals surface area contributed by atoms with Crippen molar-refractivity contribution in [1.29, 1.82) is 0 Å². The van der Waals surface area contributed by atoms with Gasteiger partial charge >= 0.3 is 0 Å². The largest absolute Gasteiger partial charge is 0.291 e. The van der Waals surface area contributed by atoms with Crippen molar-refractivity contribution in [2.75, 3.05) is 13.2 Å². The number of hydrogen-bond donors (Lipinski definition) is 0. The summed E-state index contributed by atoms with van der Waals surface area (Å²) in [7, 11) is 0. The lowest BCUT2D eigenvalue weighted by atomic mass is 10.5. The van der Waals surface area contributed by atoms with Crippen molar-refractivity contribution in [3.8, 4) is 0 Å². The first-order valence-corrected chi connectivity index (χ1v) is 3.83. The molecule has 0 amide bonds. The molecule has 0 spiro atoms. The Morgan fingerprint density at radius 3 is 2.82 bits per heavy atom. The Hall–Kier alpha value is -1.25. The highest BCUT2D eigenvalue weighted by molar-refractivity contribution is 5.71. The topological polar surface area (TPSA) is 18.8 Å². The van der Waals surface area contributed by atoms with E-state index in [0.29, 0.717) is 0 Å². The van der Waals surface area contributed by atoms with E-state index in [9.17, 15) is 0 Å². The van der Waals surface area contributed by atoms with Crippen LogP contribution < -0.4 is 0 Å². The summed E-state index contributed by atoms with van der Waals surface area (Å²) in [4.78, 5) is 4.14. The Bertz CT molecular complexity index is 217. The molecule has 2 heterocycles. The summed E-state index contributed by atoms with van der Waals surface area (Å²) in [6.45, 7) is 1.83. The van der Waals surface area contributed by atoms with Crippen LogP contribution in [-0.4, -0.2) is 29.4 Å². The summed E-state index contributed by atoms with van der Waals surface area (Å²) in [5.74, 6) is 0. The molecule has 2 aliphatic rings. The molecule has 2 aliphatic heterocycles. The van der Waals surface area contributed by atoms with E-state index in [1.165, 1.54) is 0 Å². The SMILES string of the molecule is C1=CN(N2C=CCC2)CN=C1. The number of rotatable bonds is 1. The van der Waals surface area contributed by atoms with Crippen LogP contribution in [0.4, 0.5) is 0 Å². The second-order valence-electron chi connectivity index (χ2n) is 2.59. The van der Waals surface area contributed by atoms with Crippen LogP contribution >= 0.6 is 0 Å². The second-order valence-corrected chi connectivity index (χ2v) is 2.59. The molecule has 0 aromatic rings. The zero-order valence-corrected chi connectivity index (χ0v) is 6.35. The first-order valence-electron chi connectivity index (χ1n) is 3.83. The second kappa shape index (κ2) is 2.78. The standard InChI is InChI=1S/C8H11N3/c1-2-6-10(5-1)11-7-3-4-9-8-11/h1,3-5,7H,2,6,8H2. The average Bonchev–Trinajstić information content (AvgIpc) is 2.58. The maximum Gasteiger partial charge on any atom is 0.129 e. The highest BCUT2D eigenvalue weighted by Crippen LogP contribution is 2.09. The summed E-state index contributed by atoms with van der Waals surface area (Å²) in [5, 5.41) is 4.27. The third kappa shape index (κ3) is 1.27. The molecule has 0 aliphatic carbocycles. The summed E-state index contributed by atoms with van der Waals surface area (Å²) >= 11 is 0. The monoisotopic (exact) mass is 149 g/mol. The van der Waals surface area contributed by atoms with Crippen LogP contribution in [0, 0.1) is 0 Å². The van der Waals surface area contributed by atoms with Crippen molar-refractivity contribution >= 4 is 6.21 Å². The Morgan fingerprint density at radius 1 is 1.18 bits per heavy atom. The molecule has 2 rings (SSSR count). The molecule has 0 aromatic heterocycles. The van der Waals surface area contributed by atoms with Crippen molar-refractivity contribution in [2.24, 2.45) is 4.99 Å². The third-order valence-electron chi connectivity index (χ3n) is 1.81. The molecule has 0 aromatic carbocycles. The summed E-state index contributed by atoms with van der Waals surface area (Å²) < 4.78 is 0. The van der Waals surface area contributed by atoms with Crippen LogP contribution in [-0.2, 0) is 0 Å². The van der Waals surface area contributed by atoms with E-state index in [1.807, 2.05) is 18.5 Å². The highest BCUT2D eigenvalue weighted by atomic mass is 15.6. The maximum atomic E-state index is 4.14. The van der Waals surface area contributed by atoms with Gasteiger partial charge in [0.15, 0.2) is 0 Å². The van der Waals surface area contributed by atoms with Crippen molar-refractivity contribution < 1.29 is 0 Å². The quantitative estimate of drug-likeness (QED) is 0.553. The van der Waals surface area contributed by atoms with Crippen LogP contribution in [0.25, 0.3) is 0 Å². The van der Waals surface area contributed by atoms with Gasteiger partial charge in [0, 0.05) is 25.2 Å². The van der Waals surface area contributed by atoms with E-state index >= 15 is 0 Å². The minimum atomic E-state index is 0.751. The minimum absolute atomic E-state index is 0.751. The van der Waals surface area contributed by atoms with Crippen LogP contribution in [0.15, 0.2) is 29.5 Å². The molecule has 0 saturated heterocycles. The minimum Gasteiger partial charge on any atom is -0.291 e. The number of hydrazine groups is 1. The fourth-order valence-electron chi connectivity index (χ4n) is 1.24. The highest BCUT2D eigenvalue weighted by Gasteiger charge is 2.10. The van der Waals surface area contributed by atoms with Gasteiger partial charge in [0.1, 0.15) is 6.67 Å². The molecule has 0 saturated carbocycles. The Labute approximate surface area is 66.3 Å². The van der Waals surface area contributed by atoms with Gasteiger partial charge in [-0.2, -0.15) is 0 Å². The molecule has 0 radical (unpaired) electrons.